The first-order valence-corrected chi connectivity index (χ1v) is 8.26. The van der Waals surface area contributed by atoms with E-state index in [0.717, 1.165) is 20.7 Å². The number of anilines is 1. The summed E-state index contributed by atoms with van der Waals surface area (Å²) in [5.74, 6) is 0. The topological polar surface area (TPSA) is 59.1 Å². The highest BCUT2D eigenvalue weighted by Gasteiger charge is 2.19. The smallest absolute Gasteiger partial charge is 0.271 e. The Morgan fingerprint density at radius 1 is 1.50 bits per heavy atom. The zero-order valence-electron chi connectivity index (χ0n) is 9.15. The number of nitrogens with one attached hydrogen (secondary N) is 1. The lowest BCUT2D eigenvalue weighted by Gasteiger charge is -2.06. The van der Waals surface area contributed by atoms with Crippen molar-refractivity contribution in [1.82, 2.24) is 4.98 Å². The molecule has 0 amide bonds. The zero-order valence-corrected chi connectivity index (χ0v) is 13.1. The molecule has 18 heavy (non-hydrogen) atoms. The van der Waals surface area contributed by atoms with Crippen LogP contribution in [0.5, 0.6) is 0 Å². The number of hydrogen-bond acceptors (Lipinski definition) is 4. The van der Waals surface area contributed by atoms with Gasteiger partial charge in [-0.25, -0.2) is 13.4 Å². The molecule has 2 heterocycles. The zero-order chi connectivity index (χ0) is 13.3. The molecule has 0 bridgehead atoms. The second kappa shape index (κ2) is 5.16. The van der Waals surface area contributed by atoms with Gasteiger partial charge in [-0.15, -0.1) is 11.3 Å². The molecule has 0 aliphatic heterocycles. The summed E-state index contributed by atoms with van der Waals surface area (Å²) in [7, 11) is -3.62. The Labute approximate surface area is 122 Å². The van der Waals surface area contributed by atoms with Gasteiger partial charge in [0.1, 0.15) is 4.21 Å². The van der Waals surface area contributed by atoms with E-state index in [1.165, 1.54) is 6.20 Å². The van der Waals surface area contributed by atoms with E-state index in [1.807, 2.05) is 6.92 Å². The Balaban J connectivity index is 2.36. The van der Waals surface area contributed by atoms with Crippen LogP contribution in [0.25, 0.3) is 0 Å². The van der Waals surface area contributed by atoms with Crippen molar-refractivity contribution in [1.29, 1.82) is 0 Å². The number of rotatable bonds is 3. The molecule has 8 heteroatoms. The molecule has 4 nitrogen and oxygen atoms in total. The molecule has 0 aliphatic rings. The van der Waals surface area contributed by atoms with Crippen LogP contribution in [0.15, 0.2) is 32.4 Å². The normalized spacial score (nSPS) is 11.5. The fourth-order valence-electron chi connectivity index (χ4n) is 1.22. The highest BCUT2D eigenvalue weighted by atomic mass is 79.9. The standard InChI is InChI=1S/C10H8BrClN2O2S2/c1-6-5-8(17-9(6)11)18(15,16)14-7-3-2-4-13-10(7)12/h2-5,14H,1H3. The fourth-order valence-corrected chi connectivity index (χ4v) is 4.74. The van der Waals surface area contributed by atoms with Crippen molar-refractivity contribution in [2.24, 2.45) is 0 Å². The fraction of sp³-hybridized carbons (Fsp3) is 0.100. The number of nitrogens with zero attached hydrogens (tertiary/aromatic N) is 1. The molecule has 0 aliphatic carbocycles. The minimum Gasteiger partial charge on any atom is -0.276 e. The molecule has 0 radical (unpaired) electrons. The molecule has 1 N–H and O–H groups in total. The van der Waals surface area contributed by atoms with Gasteiger partial charge in [-0.2, -0.15) is 0 Å². The van der Waals surface area contributed by atoms with Crippen molar-refractivity contribution in [2.75, 3.05) is 4.72 Å². The lowest BCUT2D eigenvalue weighted by atomic mass is 10.4. The van der Waals surface area contributed by atoms with Crippen LogP contribution < -0.4 is 4.72 Å². The van der Waals surface area contributed by atoms with Crippen LogP contribution in [0.2, 0.25) is 5.15 Å². The summed E-state index contributed by atoms with van der Waals surface area (Å²) in [5, 5.41) is 0.119. The van der Waals surface area contributed by atoms with E-state index in [1.54, 1.807) is 18.2 Å². The molecule has 96 valence electrons. The van der Waals surface area contributed by atoms with Crippen LogP contribution in [0, 0.1) is 6.92 Å². The highest BCUT2D eigenvalue weighted by molar-refractivity contribution is 9.11. The molecule has 0 saturated heterocycles. The number of aromatic nitrogens is 1. The quantitative estimate of drug-likeness (QED) is 0.842. The van der Waals surface area contributed by atoms with Crippen molar-refractivity contribution in [2.45, 2.75) is 11.1 Å². The maximum atomic E-state index is 12.1. The van der Waals surface area contributed by atoms with Gasteiger partial charge in [0.15, 0.2) is 5.15 Å². The number of pyridine rings is 1. The lowest BCUT2D eigenvalue weighted by Crippen LogP contribution is -2.12. The van der Waals surface area contributed by atoms with Gasteiger partial charge in [0.25, 0.3) is 10.0 Å². The van der Waals surface area contributed by atoms with Gasteiger partial charge in [0, 0.05) is 6.20 Å². The van der Waals surface area contributed by atoms with Crippen LogP contribution in [0.3, 0.4) is 0 Å². The minimum absolute atomic E-state index is 0.119. The Morgan fingerprint density at radius 3 is 2.78 bits per heavy atom. The van der Waals surface area contributed by atoms with Gasteiger partial charge >= 0.3 is 0 Å². The first kappa shape index (κ1) is 13.8. The van der Waals surface area contributed by atoms with E-state index < -0.39 is 10.0 Å². The average Bonchev–Trinajstić information content (AvgIpc) is 2.63. The first-order chi connectivity index (χ1) is 8.40. The molecule has 0 aromatic carbocycles. The Hall–Kier alpha value is -0.630. The van der Waals surface area contributed by atoms with Crippen LogP contribution in [0.1, 0.15) is 5.56 Å². The number of hydrogen-bond donors (Lipinski definition) is 1. The SMILES string of the molecule is Cc1cc(S(=O)(=O)Nc2cccnc2Cl)sc1Br. The van der Waals surface area contributed by atoms with E-state index in [-0.39, 0.29) is 15.0 Å². The molecule has 0 fully saturated rings. The molecule has 2 aromatic rings. The van der Waals surface area contributed by atoms with Gasteiger partial charge in [-0.1, -0.05) is 11.6 Å². The summed E-state index contributed by atoms with van der Waals surface area (Å²) in [6.45, 7) is 1.83. The Kier molecular flexibility index (Phi) is 3.96. The lowest BCUT2D eigenvalue weighted by molar-refractivity contribution is 0.603. The number of sulfonamides is 1. The number of aryl methyl sites for hydroxylation is 1. The summed E-state index contributed by atoms with van der Waals surface area (Å²) in [6.07, 6.45) is 1.49. The van der Waals surface area contributed by atoms with Crippen LogP contribution in [-0.4, -0.2) is 13.4 Å². The largest absolute Gasteiger partial charge is 0.276 e. The Morgan fingerprint density at radius 2 is 2.22 bits per heavy atom. The molecule has 0 spiro atoms. The molecule has 2 aromatic heterocycles. The third-order valence-corrected chi connectivity index (χ3v) is 6.38. The molecule has 0 unspecified atom stereocenters. The summed E-state index contributed by atoms with van der Waals surface area (Å²) in [6, 6.07) is 4.77. The highest BCUT2D eigenvalue weighted by Crippen LogP contribution is 2.32. The van der Waals surface area contributed by atoms with E-state index in [2.05, 4.69) is 25.6 Å². The van der Waals surface area contributed by atoms with E-state index in [9.17, 15) is 8.42 Å². The second-order valence-corrected chi connectivity index (χ2v) is 8.11. The molecule has 2 rings (SSSR count). The van der Waals surface area contributed by atoms with Gasteiger partial charge in [0.05, 0.1) is 9.47 Å². The number of halogens is 2. The van der Waals surface area contributed by atoms with Crippen molar-refractivity contribution in [3.05, 3.63) is 38.9 Å². The van der Waals surface area contributed by atoms with Crippen molar-refractivity contribution >= 4 is 54.6 Å². The maximum Gasteiger partial charge on any atom is 0.271 e. The van der Waals surface area contributed by atoms with Gasteiger partial charge in [-0.05, 0) is 46.6 Å². The summed E-state index contributed by atoms with van der Waals surface area (Å²) in [4.78, 5) is 3.81. The predicted molar refractivity (Wildman–Crippen MR) is 76.8 cm³/mol. The molecule has 0 saturated carbocycles. The van der Waals surface area contributed by atoms with Crippen LogP contribution in [0.4, 0.5) is 5.69 Å². The van der Waals surface area contributed by atoms with Crippen molar-refractivity contribution in [3.63, 3.8) is 0 Å². The molecule has 0 atom stereocenters. The van der Waals surface area contributed by atoms with Gasteiger partial charge in [0.2, 0.25) is 0 Å². The summed E-state index contributed by atoms with van der Waals surface area (Å²) in [5.41, 5.74) is 1.14. The predicted octanol–water partition coefficient (Wildman–Crippen LogP) is 3.67. The van der Waals surface area contributed by atoms with Crippen LogP contribution >= 0.6 is 38.9 Å². The monoisotopic (exact) mass is 366 g/mol. The van der Waals surface area contributed by atoms with Crippen molar-refractivity contribution in [3.8, 4) is 0 Å². The maximum absolute atomic E-state index is 12.1. The minimum atomic E-state index is -3.62. The molecular formula is C10H8BrClN2O2S2. The third-order valence-electron chi connectivity index (χ3n) is 2.10. The summed E-state index contributed by atoms with van der Waals surface area (Å²) < 4.78 is 27.7. The average molecular weight is 368 g/mol. The molecular weight excluding hydrogens is 360 g/mol. The van der Waals surface area contributed by atoms with Gasteiger partial charge in [-0.3, -0.25) is 4.72 Å². The van der Waals surface area contributed by atoms with Crippen LogP contribution in [-0.2, 0) is 10.0 Å². The van der Waals surface area contributed by atoms with E-state index in [0.29, 0.717) is 0 Å². The number of thiophene rings is 1. The third kappa shape index (κ3) is 2.85. The first-order valence-electron chi connectivity index (χ1n) is 4.79. The Bertz CT molecular complexity index is 665. The van der Waals surface area contributed by atoms with E-state index in [4.69, 9.17) is 11.6 Å². The van der Waals surface area contributed by atoms with Crippen molar-refractivity contribution < 1.29 is 8.42 Å². The van der Waals surface area contributed by atoms with E-state index >= 15 is 0 Å². The summed E-state index contributed by atoms with van der Waals surface area (Å²) >= 11 is 10.3. The second-order valence-electron chi connectivity index (χ2n) is 3.47. The van der Waals surface area contributed by atoms with Gasteiger partial charge < -0.3 is 0 Å².